The summed E-state index contributed by atoms with van der Waals surface area (Å²) in [6.07, 6.45) is 0.966. The van der Waals surface area contributed by atoms with Crippen LogP contribution in [0.4, 0.5) is 0 Å². The second kappa shape index (κ2) is 6.57. The number of hydrogen-bond acceptors (Lipinski definition) is 2. The highest BCUT2D eigenvalue weighted by atomic mass is 16.5. The lowest BCUT2D eigenvalue weighted by Gasteiger charge is -2.08. The van der Waals surface area contributed by atoms with Crippen molar-refractivity contribution in [2.45, 2.75) is 20.0 Å². The molecule has 1 aromatic carbocycles. The summed E-state index contributed by atoms with van der Waals surface area (Å²) in [6, 6.07) is 8.33. The van der Waals surface area contributed by atoms with Crippen molar-refractivity contribution in [3.05, 3.63) is 35.4 Å². The Bertz CT molecular complexity index is 258. The summed E-state index contributed by atoms with van der Waals surface area (Å²) >= 11 is 0. The van der Waals surface area contributed by atoms with Crippen molar-refractivity contribution in [1.29, 1.82) is 0 Å². The molecule has 78 valence electrons. The van der Waals surface area contributed by atoms with E-state index in [9.17, 15) is 0 Å². The summed E-state index contributed by atoms with van der Waals surface area (Å²) in [5.74, 6) is 0. The monoisotopic (exact) mass is 194 g/mol. The zero-order valence-corrected chi connectivity index (χ0v) is 8.95. The van der Waals surface area contributed by atoms with Crippen LogP contribution in [0.25, 0.3) is 0 Å². The highest BCUT2D eigenvalue weighted by molar-refractivity contribution is 5.26. The number of hydrogen-bond donors (Lipinski definition) is 0. The molecule has 14 heavy (non-hydrogen) atoms. The molecular formula is C12H18O2. The zero-order valence-electron chi connectivity index (χ0n) is 8.95. The number of ether oxygens (including phenoxy) is 2. The van der Waals surface area contributed by atoms with Crippen LogP contribution in [0.2, 0.25) is 0 Å². The quantitative estimate of drug-likeness (QED) is 0.647. The first kappa shape index (κ1) is 11.2. The molecule has 0 spiro atoms. The molecule has 2 nitrogen and oxygen atoms in total. The van der Waals surface area contributed by atoms with Crippen LogP contribution in [0.3, 0.4) is 0 Å². The van der Waals surface area contributed by atoms with Gasteiger partial charge in [-0.05, 0) is 24.5 Å². The van der Waals surface area contributed by atoms with E-state index < -0.39 is 0 Å². The molecule has 0 unspecified atom stereocenters. The van der Waals surface area contributed by atoms with E-state index in [1.54, 1.807) is 7.11 Å². The lowest BCUT2D eigenvalue weighted by Crippen LogP contribution is -2.01. The highest BCUT2D eigenvalue weighted by Gasteiger charge is 2.00. The van der Waals surface area contributed by atoms with Gasteiger partial charge in [0.15, 0.2) is 0 Å². The van der Waals surface area contributed by atoms with Gasteiger partial charge in [-0.1, -0.05) is 24.3 Å². The fraction of sp³-hybridized carbons (Fsp3) is 0.500. The third-order valence-corrected chi connectivity index (χ3v) is 2.14. The summed E-state index contributed by atoms with van der Waals surface area (Å²) in [6.45, 7) is 4.27. The summed E-state index contributed by atoms with van der Waals surface area (Å²) in [4.78, 5) is 0. The van der Waals surface area contributed by atoms with Gasteiger partial charge >= 0.3 is 0 Å². The van der Waals surface area contributed by atoms with Gasteiger partial charge in [0.25, 0.3) is 0 Å². The molecule has 0 fully saturated rings. The van der Waals surface area contributed by atoms with Gasteiger partial charge < -0.3 is 9.47 Å². The molecule has 0 N–H and O–H groups in total. The molecule has 0 aromatic heterocycles. The Kier molecular flexibility index (Phi) is 5.27. The van der Waals surface area contributed by atoms with Crippen molar-refractivity contribution in [3.8, 4) is 0 Å². The molecule has 0 saturated carbocycles. The van der Waals surface area contributed by atoms with Crippen LogP contribution in [0.5, 0.6) is 0 Å². The lowest BCUT2D eigenvalue weighted by molar-refractivity contribution is 0.149. The second-order valence-electron chi connectivity index (χ2n) is 3.15. The highest BCUT2D eigenvalue weighted by Crippen LogP contribution is 2.10. The number of rotatable bonds is 6. The third kappa shape index (κ3) is 3.48. The Balaban J connectivity index is 2.55. The van der Waals surface area contributed by atoms with E-state index in [2.05, 4.69) is 18.2 Å². The average Bonchev–Trinajstić information content (AvgIpc) is 2.21. The largest absolute Gasteiger partial charge is 0.381 e. The number of methoxy groups -OCH3 is 1. The Morgan fingerprint density at radius 1 is 1.14 bits per heavy atom. The molecule has 0 heterocycles. The molecule has 2 heteroatoms. The first-order chi connectivity index (χ1) is 6.88. The minimum Gasteiger partial charge on any atom is -0.381 e. The van der Waals surface area contributed by atoms with E-state index >= 15 is 0 Å². The summed E-state index contributed by atoms with van der Waals surface area (Å²) in [7, 11) is 1.72. The summed E-state index contributed by atoms with van der Waals surface area (Å²) in [5, 5.41) is 0. The molecule has 0 amide bonds. The minimum atomic E-state index is 0.683. The molecule has 0 aliphatic heterocycles. The SMILES string of the molecule is CCOCCc1ccccc1COC. The smallest absolute Gasteiger partial charge is 0.0715 e. The van der Waals surface area contributed by atoms with Crippen molar-refractivity contribution >= 4 is 0 Å². The van der Waals surface area contributed by atoms with Crippen LogP contribution in [0.1, 0.15) is 18.1 Å². The van der Waals surface area contributed by atoms with E-state index in [4.69, 9.17) is 9.47 Å². The molecule has 0 bridgehead atoms. The van der Waals surface area contributed by atoms with Gasteiger partial charge in [-0.25, -0.2) is 0 Å². The molecule has 1 aromatic rings. The minimum absolute atomic E-state index is 0.683. The Hall–Kier alpha value is -0.860. The van der Waals surface area contributed by atoms with Gasteiger partial charge in [-0.2, -0.15) is 0 Å². The van der Waals surface area contributed by atoms with Crippen LogP contribution in [-0.2, 0) is 22.5 Å². The van der Waals surface area contributed by atoms with Crippen LogP contribution < -0.4 is 0 Å². The Labute approximate surface area is 85.8 Å². The first-order valence-corrected chi connectivity index (χ1v) is 5.02. The molecule has 0 aliphatic carbocycles. The maximum atomic E-state index is 5.33. The normalized spacial score (nSPS) is 10.4. The van der Waals surface area contributed by atoms with E-state index in [1.807, 2.05) is 13.0 Å². The van der Waals surface area contributed by atoms with Crippen molar-refractivity contribution in [2.75, 3.05) is 20.3 Å². The molecule has 1 rings (SSSR count). The third-order valence-electron chi connectivity index (χ3n) is 2.14. The molecule has 0 aliphatic rings. The average molecular weight is 194 g/mol. The predicted molar refractivity (Wildman–Crippen MR) is 57.4 cm³/mol. The van der Waals surface area contributed by atoms with Crippen molar-refractivity contribution < 1.29 is 9.47 Å². The Morgan fingerprint density at radius 3 is 2.50 bits per heavy atom. The van der Waals surface area contributed by atoms with Crippen molar-refractivity contribution in [1.82, 2.24) is 0 Å². The fourth-order valence-electron chi connectivity index (χ4n) is 1.42. The number of benzene rings is 1. The van der Waals surface area contributed by atoms with Gasteiger partial charge in [0.1, 0.15) is 0 Å². The summed E-state index contributed by atoms with van der Waals surface area (Å²) in [5.41, 5.74) is 2.58. The van der Waals surface area contributed by atoms with Crippen LogP contribution in [-0.4, -0.2) is 20.3 Å². The van der Waals surface area contributed by atoms with Gasteiger partial charge in [0.2, 0.25) is 0 Å². The van der Waals surface area contributed by atoms with Gasteiger partial charge in [0, 0.05) is 13.7 Å². The molecule has 0 saturated heterocycles. The fourth-order valence-corrected chi connectivity index (χ4v) is 1.42. The first-order valence-electron chi connectivity index (χ1n) is 5.02. The molecule has 0 atom stereocenters. The van der Waals surface area contributed by atoms with Gasteiger partial charge in [-0.3, -0.25) is 0 Å². The van der Waals surface area contributed by atoms with E-state index in [0.717, 1.165) is 19.6 Å². The van der Waals surface area contributed by atoms with Crippen molar-refractivity contribution in [3.63, 3.8) is 0 Å². The molecule has 0 radical (unpaired) electrons. The van der Waals surface area contributed by atoms with Gasteiger partial charge in [-0.15, -0.1) is 0 Å². The zero-order chi connectivity index (χ0) is 10.2. The second-order valence-corrected chi connectivity index (χ2v) is 3.15. The lowest BCUT2D eigenvalue weighted by atomic mass is 10.1. The molecular weight excluding hydrogens is 176 g/mol. The summed E-state index contributed by atoms with van der Waals surface area (Å²) < 4.78 is 10.5. The Morgan fingerprint density at radius 2 is 1.86 bits per heavy atom. The topological polar surface area (TPSA) is 18.5 Å². The van der Waals surface area contributed by atoms with Crippen LogP contribution in [0, 0.1) is 0 Å². The maximum Gasteiger partial charge on any atom is 0.0715 e. The van der Waals surface area contributed by atoms with Crippen LogP contribution in [0.15, 0.2) is 24.3 Å². The van der Waals surface area contributed by atoms with Crippen LogP contribution >= 0.6 is 0 Å². The van der Waals surface area contributed by atoms with Gasteiger partial charge in [0.05, 0.1) is 13.2 Å². The van der Waals surface area contributed by atoms with E-state index in [0.29, 0.717) is 6.61 Å². The maximum absolute atomic E-state index is 5.33. The standard InChI is InChI=1S/C12H18O2/c1-3-14-9-8-11-6-4-5-7-12(11)10-13-2/h4-7H,3,8-10H2,1-2H3. The predicted octanol–water partition coefficient (Wildman–Crippen LogP) is 2.41. The van der Waals surface area contributed by atoms with Crippen molar-refractivity contribution in [2.24, 2.45) is 0 Å². The van der Waals surface area contributed by atoms with E-state index in [-0.39, 0.29) is 0 Å². The van der Waals surface area contributed by atoms with E-state index in [1.165, 1.54) is 11.1 Å².